The molecule has 0 saturated carbocycles. The molecule has 0 aliphatic carbocycles. The lowest BCUT2D eigenvalue weighted by Gasteiger charge is -2.38. The summed E-state index contributed by atoms with van der Waals surface area (Å²) >= 11 is 0. The Hall–Kier alpha value is -1.56. The van der Waals surface area contributed by atoms with Gasteiger partial charge in [-0.3, -0.25) is 9.89 Å². The zero-order valence-corrected chi connectivity index (χ0v) is 15.8. The van der Waals surface area contributed by atoms with Gasteiger partial charge in [0.05, 0.1) is 6.04 Å². The molecule has 1 unspecified atom stereocenters. The minimum Gasteiger partial charge on any atom is -0.444 e. The van der Waals surface area contributed by atoms with Crippen molar-refractivity contribution in [2.75, 3.05) is 39.3 Å². The van der Waals surface area contributed by atoms with Gasteiger partial charge < -0.3 is 15.0 Å². The van der Waals surface area contributed by atoms with Gasteiger partial charge in [0.1, 0.15) is 5.60 Å². The van der Waals surface area contributed by atoms with Gasteiger partial charge >= 0.3 is 6.09 Å². The van der Waals surface area contributed by atoms with E-state index in [2.05, 4.69) is 40.0 Å². The van der Waals surface area contributed by atoms with E-state index in [-0.39, 0.29) is 6.09 Å². The minimum atomic E-state index is -0.442. The number of dihydropyridines is 1. The Bertz CT molecular complexity index is 500. The molecule has 0 bridgehead atoms. The van der Waals surface area contributed by atoms with Gasteiger partial charge in [0.15, 0.2) is 0 Å². The molecule has 0 aromatic rings. The summed E-state index contributed by atoms with van der Waals surface area (Å²) in [6.45, 7) is 15.5. The maximum atomic E-state index is 11.6. The smallest absolute Gasteiger partial charge is 0.407 e. The first-order valence-electron chi connectivity index (χ1n) is 8.92. The maximum absolute atomic E-state index is 11.6. The van der Waals surface area contributed by atoms with Crippen LogP contribution in [0.2, 0.25) is 0 Å². The number of alkyl carbamates (subject to hydrolysis) is 1. The minimum absolute atomic E-state index is 0.336. The van der Waals surface area contributed by atoms with E-state index in [1.807, 2.05) is 20.8 Å². The molecule has 6 heteroatoms. The van der Waals surface area contributed by atoms with Crippen molar-refractivity contribution >= 4 is 11.8 Å². The van der Waals surface area contributed by atoms with Crippen LogP contribution in [-0.2, 0) is 4.74 Å². The predicted octanol–water partition coefficient (Wildman–Crippen LogP) is 2.27. The van der Waals surface area contributed by atoms with Crippen molar-refractivity contribution in [1.29, 1.82) is 0 Å². The lowest BCUT2D eigenvalue weighted by atomic mass is 10.1. The molecule has 2 aliphatic heterocycles. The van der Waals surface area contributed by atoms with Crippen LogP contribution in [0.25, 0.3) is 0 Å². The molecule has 1 fully saturated rings. The van der Waals surface area contributed by atoms with Crippen LogP contribution in [0.1, 0.15) is 41.0 Å². The van der Waals surface area contributed by atoms with E-state index in [1.165, 1.54) is 5.70 Å². The number of nitrogens with zero attached hydrogens (tertiary/aromatic N) is 3. The molecule has 1 N–H and O–H groups in total. The molecule has 0 aromatic carbocycles. The van der Waals surface area contributed by atoms with Crippen LogP contribution >= 0.6 is 0 Å². The van der Waals surface area contributed by atoms with Crippen molar-refractivity contribution in [3.8, 4) is 0 Å². The molecule has 2 rings (SSSR count). The third-order valence-corrected chi connectivity index (χ3v) is 4.18. The summed E-state index contributed by atoms with van der Waals surface area (Å²) in [6.07, 6.45) is 2.93. The topological polar surface area (TPSA) is 57.2 Å². The lowest BCUT2D eigenvalue weighted by Crippen LogP contribution is -2.48. The normalized spacial score (nSPS) is 22.7. The van der Waals surface area contributed by atoms with Crippen molar-refractivity contribution in [3.05, 3.63) is 11.8 Å². The number of carbonyl (C=O) groups excluding carboxylic acids is 1. The van der Waals surface area contributed by atoms with E-state index in [0.29, 0.717) is 12.6 Å². The second-order valence-electron chi connectivity index (χ2n) is 7.72. The van der Waals surface area contributed by atoms with Crippen molar-refractivity contribution in [2.24, 2.45) is 4.99 Å². The highest BCUT2D eigenvalue weighted by atomic mass is 16.6. The van der Waals surface area contributed by atoms with E-state index in [9.17, 15) is 4.79 Å². The molecule has 6 nitrogen and oxygen atoms in total. The van der Waals surface area contributed by atoms with E-state index in [1.54, 1.807) is 0 Å². The van der Waals surface area contributed by atoms with Crippen LogP contribution in [0.4, 0.5) is 4.79 Å². The fourth-order valence-corrected chi connectivity index (χ4v) is 3.14. The van der Waals surface area contributed by atoms with Crippen LogP contribution in [0.3, 0.4) is 0 Å². The molecule has 0 spiro atoms. The number of aliphatic imine (C=N–C) groups is 1. The van der Waals surface area contributed by atoms with Gasteiger partial charge in [0, 0.05) is 57.1 Å². The molecular weight excluding hydrogens is 304 g/mol. The first kappa shape index (κ1) is 18.8. The number of hydrogen-bond donors (Lipinski definition) is 1. The lowest BCUT2D eigenvalue weighted by molar-refractivity contribution is 0.0518. The summed E-state index contributed by atoms with van der Waals surface area (Å²) in [7, 11) is 0. The number of allylic oxidation sites excluding steroid dienone is 1. The van der Waals surface area contributed by atoms with Gasteiger partial charge in [0.25, 0.3) is 0 Å². The highest BCUT2D eigenvalue weighted by Gasteiger charge is 2.22. The SMILES string of the molecule is CC1=NC(C)CC(N2CCN(CCNC(=O)OC(C)(C)C)CC2)=C1. The average Bonchev–Trinajstić information content (AvgIpc) is 2.45. The van der Waals surface area contributed by atoms with E-state index >= 15 is 0 Å². The largest absolute Gasteiger partial charge is 0.444 e. The Balaban J connectivity index is 1.68. The monoisotopic (exact) mass is 336 g/mol. The zero-order valence-electron chi connectivity index (χ0n) is 15.8. The summed E-state index contributed by atoms with van der Waals surface area (Å²) in [5.41, 5.74) is 2.11. The number of nitrogens with one attached hydrogen (secondary N) is 1. The summed E-state index contributed by atoms with van der Waals surface area (Å²) in [5, 5.41) is 2.83. The van der Waals surface area contributed by atoms with Crippen molar-refractivity contribution in [2.45, 2.75) is 52.7 Å². The Kier molecular flexibility index (Phi) is 6.27. The van der Waals surface area contributed by atoms with Gasteiger partial charge in [-0.1, -0.05) is 0 Å². The number of rotatable bonds is 4. The highest BCUT2D eigenvalue weighted by Crippen LogP contribution is 2.20. The number of carbonyl (C=O) groups is 1. The number of amides is 1. The second kappa shape index (κ2) is 8.01. The molecule has 2 heterocycles. The van der Waals surface area contributed by atoms with Crippen molar-refractivity contribution in [1.82, 2.24) is 15.1 Å². The maximum Gasteiger partial charge on any atom is 0.407 e. The summed E-state index contributed by atoms with van der Waals surface area (Å²) in [4.78, 5) is 21.1. The van der Waals surface area contributed by atoms with E-state index < -0.39 is 5.60 Å². The molecule has 1 saturated heterocycles. The molecule has 1 atom stereocenters. The molecule has 1 amide bonds. The first-order valence-corrected chi connectivity index (χ1v) is 8.92. The first-order chi connectivity index (χ1) is 11.2. The number of piperazine rings is 1. The van der Waals surface area contributed by atoms with E-state index in [0.717, 1.165) is 44.9 Å². The summed E-state index contributed by atoms with van der Waals surface area (Å²) in [6, 6.07) is 0.390. The van der Waals surface area contributed by atoms with Gasteiger partial charge in [0.2, 0.25) is 0 Å². The van der Waals surface area contributed by atoms with Crippen LogP contribution in [0.5, 0.6) is 0 Å². The van der Waals surface area contributed by atoms with E-state index in [4.69, 9.17) is 4.74 Å². The van der Waals surface area contributed by atoms with Crippen LogP contribution in [-0.4, -0.2) is 72.5 Å². The molecule has 24 heavy (non-hydrogen) atoms. The van der Waals surface area contributed by atoms with Gasteiger partial charge in [-0.25, -0.2) is 4.79 Å². The molecule has 0 radical (unpaired) electrons. The molecule has 136 valence electrons. The molecule has 2 aliphatic rings. The third kappa shape index (κ3) is 6.15. The fraction of sp³-hybridized carbons (Fsp3) is 0.778. The van der Waals surface area contributed by atoms with Crippen molar-refractivity contribution in [3.63, 3.8) is 0 Å². The quantitative estimate of drug-likeness (QED) is 0.856. The highest BCUT2D eigenvalue weighted by molar-refractivity contribution is 5.94. The van der Waals surface area contributed by atoms with Crippen LogP contribution in [0.15, 0.2) is 16.8 Å². The predicted molar refractivity (Wildman–Crippen MR) is 97.5 cm³/mol. The Morgan fingerprint density at radius 2 is 2.00 bits per heavy atom. The zero-order chi connectivity index (χ0) is 17.7. The summed E-state index contributed by atoms with van der Waals surface area (Å²) < 4.78 is 5.25. The van der Waals surface area contributed by atoms with Crippen LogP contribution in [0, 0.1) is 0 Å². The fourth-order valence-electron chi connectivity index (χ4n) is 3.14. The number of hydrogen-bond acceptors (Lipinski definition) is 5. The molecule has 0 aromatic heterocycles. The van der Waals surface area contributed by atoms with Gasteiger partial charge in [-0.2, -0.15) is 0 Å². The number of ether oxygens (including phenoxy) is 1. The molecular formula is C18H32N4O2. The van der Waals surface area contributed by atoms with Gasteiger partial charge in [-0.05, 0) is 40.7 Å². The average molecular weight is 336 g/mol. The second-order valence-corrected chi connectivity index (χ2v) is 7.72. The van der Waals surface area contributed by atoms with Gasteiger partial charge in [-0.15, -0.1) is 0 Å². The Labute approximate surface area is 145 Å². The third-order valence-electron chi connectivity index (χ3n) is 4.18. The van der Waals surface area contributed by atoms with Crippen LogP contribution < -0.4 is 5.32 Å². The Morgan fingerprint density at radius 3 is 2.58 bits per heavy atom. The standard InChI is InChI=1S/C18H32N4O2/c1-14-12-16(13-15(2)20-14)22-10-8-21(9-11-22)7-6-19-17(23)24-18(3,4)5/h12,15H,6-11,13H2,1-5H3,(H,19,23). The Morgan fingerprint density at radius 1 is 1.33 bits per heavy atom. The summed E-state index contributed by atoms with van der Waals surface area (Å²) in [5.74, 6) is 0. The van der Waals surface area contributed by atoms with Crippen molar-refractivity contribution < 1.29 is 9.53 Å².